The molecule has 3 aromatic rings. The summed E-state index contributed by atoms with van der Waals surface area (Å²) in [6, 6.07) is 13.5. The van der Waals surface area contributed by atoms with E-state index in [-0.39, 0.29) is 5.75 Å². The maximum Gasteiger partial charge on any atom is 0.573 e. The molecule has 0 radical (unpaired) electrons. The van der Waals surface area contributed by atoms with Crippen molar-refractivity contribution in [3.05, 3.63) is 53.0 Å². The van der Waals surface area contributed by atoms with Gasteiger partial charge < -0.3 is 9.72 Å². The van der Waals surface area contributed by atoms with Gasteiger partial charge in [-0.25, -0.2) is 0 Å². The summed E-state index contributed by atoms with van der Waals surface area (Å²) in [6.45, 7) is 0. The highest BCUT2D eigenvalue weighted by atomic mass is 79.9. The minimum absolute atomic E-state index is 0.238. The number of aromatic amines is 1. The van der Waals surface area contributed by atoms with Crippen molar-refractivity contribution in [1.29, 1.82) is 0 Å². The number of aromatic nitrogens is 1. The van der Waals surface area contributed by atoms with E-state index in [1.807, 2.05) is 24.3 Å². The molecule has 3 rings (SSSR count). The Morgan fingerprint density at radius 1 is 1.00 bits per heavy atom. The minimum Gasteiger partial charge on any atom is -0.406 e. The van der Waals surface area contributed by atoms with Crippen molar-refractivity contribution >= 4 is 26.8 Å². The van der Waals surface area contributed by atoms with E-state index < -0.39 is 6.36 Å². The van der Waals surface area contributed by atoms with Crippen molar-refractivity contribution in [2.45, 2.75) is 6.36 Å². The molecule has 0 fully saturated rings. The Hall–Kier alpha value is -1.95. The van der Waals surface area contributed by atoms with Gasteiger partial charge in [-0.05, 0) is 40.2 Å². The monoisotopic (exact) mass is 355 g/mol. The van der Waals surface area contributed by atoms with Crippen molar-refractivity contribution in [3.8, 4) is 17.0 Å². The van der Waals surface area contributed by atoms with Crippen LogP contribution in [0.5, 0.6) is 5.75 Å². The van der Waals surface area contributed by atoms with Gasteiger partial charge in [0.2, 0.25) is 0 Å². The van der Waals surface area contributed by atoms with Crippen LogP contribution in [0.2, 0.25) is 0 Å². The largest absolute Gasteiger partial charge is 0.573 e. The molecule has 0 spiro atoms. The minimum atomic E-state index is -4.69. The Kier molecular flexibility index (Phi) is 3.41. The molecule has 108 valence electrons. The summed E-state index contributed by atoms with van der Waals surface area (Å²) in [4.78, 5) is 3.19. The van der Waals surface area contributed by atoms with Gasteiger partial charge in [0, 0.05) is 21.1 Å². The maximum atomic E-state index is 12.3. The van der Waals surface area contributed by atoms with E-state index in [0.29, 0.717) is 5.56 Å². The average molecular weight is 356 g/mol. The van der Waals surface area contributed by atoms with Gasteiger partial charge in [-0.1, -0.05) is 24.3 Å². The van der Waals surface area contributed by atoms with Crippen molar-refractivity contribution in [3.63, 3.8) is 0 Å². The molecule has 0 aliphatic heterocycles. The average Bonchev–Trinajstić information content (AvgIpc) is 2.82. The molecule has 21 heavy (non-hydrogen) atoms. The first-order valence-electron chi connectivity index (χ1n) is 6.06. The number of benzene rings is 2. The summed E-state index contributed by atoms with van der Waals surface area (Å²) in [5.41, 5.74) is 2.25. The molecule has 0 aliphatic rings. The SMILES string of the molecule is FC(F)(F)Oc1cccc(-c2cc3cccc(Br)c3[nH]2)c1. The van der Waals surface area contributed by atoms with Crippen LogP contribution in [0.25, 0.3) is 22.2 Å². The highest BCUT2D eigenvalue weighted by Crippen LogP contribution is 2.31. The number of hydrogen-bond donors (Lipinski definition) is 1. The molecule has 6 heteroatoms. The normalized spacial score (nSPS) is 11.8. The molecule has 1 N–H and O–H groups in total. The predicted molar refractivity (Wildman–Crippen MR) is 78.1 cm³/mol. The number of para-hydroxylation sites is 1. The number of fused-ring (bicyclic) bond motifs is 1. The highest BCUT2D eigenvalue weighted by Gasteiger charge is 2.31. The fourth-order valence-electron chi connectivity index (χ4n) is 2.14. The zero-order chi connectivity index (χ0) is 15.0. The lowest BCUT2D eigenvalue weighted by Crippen LogP contribution is -2.17. The molecule has 0 unspecified atom stereocenters. The lowest BCUT2D eigenvalue weighted by molar-refractivity contribution is -0.274. The summed E-state index contributed by atoms with van der Waals surface area (Å²) in [7, 11) is 0. The predicted octanol–water partition coefficient (Wildman–Crippen LogP) is 5.50. The Bertz CT molecular complexity index is 795. The summed E-state index contributed by atoms with van der Waals surface area (Å²) < 4.78 is 41.6. The summed E-state index contributed by atoms with van der Waals surface area (Å²) in [6.07, 6.45) is -4.69. The first kappa shape index (κ1) is 14.0. The second-order valence-corrected chi connectivity index (χ2v) is 5.32. The van der Waals surface area contributed by atoms with E-state index in [2.05, 4.69) is 25.7 Å². The number of rotatable bonds is 2. The van der Waals surface area contributed by atoms with E-state index in [9.17, 15) is 13.2 Å². The van der Waals surface area contributed by atoms with Crippen LogP contribution < -0.4 is 4.74 Å². The van der Waals surface area contributed by atoms with Crippen LogP contribution in [0.15, 0.2) is 53.0 Å². The van der Waals surface area contributed by atoms with E-state index in [1.165, 1.54) is 18.2 Å². The second-order valence-electron chi connectivity index (χ2n) is 4.46. The summed E-state index contributed by atoms with van der Waals surface area (Å²) in [5.74, 6) is -0.238. The van der Waals surface area contributed by atoms with Gasteiger partial charge >= 0.3 is 6.36 Å². The number of alkyl halides is 3. The van der Waals surface area contributed by atoms with Crippen LogP contribution in [-0.2, 0) is 0 Å². The molecule has 0 atom stereocenters. The van der Waals surface area contributed by atoms with Crippen LogP contribution in [-0.4, -0.2) is 11.3 Å². The third kappa shape index (κ3) is 3.05. The van der Waals surface area contributed by atoms with Crippen molar-refractivity contribution in [1.82, 2.24) is 4.98 Å². The maximum absolute atomic E-state index is 12.3. The zero-order valence-electron chi connectivity index (χ0n) is 10.5. The van der Waals surface area contributed by atoms with Gasteiger partial charge in [0.05, 0.1) is 5.52 Å². The molecule has 0 aliphatic carbocycles. The fourth-order valence-corrected chi connectivity index (χ4v) is 2.62. The number of halogens is 4. The van der Waals surface area contributed by atoms with E-state index in [0.717, 1.165) is 21.1 Å². The quantitative estimate of drug-likeness (QED) is 0.645. The van der Waals surface area contributed by atoms with Gasteiger partial charge in [-0.15, -0.1) is 13.2 Å². The zero-order valence-corrected chi connectivity index (χ0v) is 12.1. The fraction of sp³-hybridized carbons (Fsp3) is 0.0667. The van der Waals surface area contributed by atoms with Gasteiger partial charge in [0.1, 0.15) is 5.75 Å². The topological polar surface area (TPSA) is 25.0 Å². The third-order valence-corrected chi connectivity index (χ3v) is 3.64. The van der Waals surface area contributed by atoms with E-state index in [1.54, 1.807) is 6.07 Å². The molecular weight excluding hydrogens is 347 g/mol. The molecule has 1 heterocycles. The Balaban J connectivity index is 2.02. The number of hydrogen-bond acceptors (Lipinski definition) is 1. The number of nitrogens with one attached hydrogen (secondary N) is 1. The molecule has 1 aromatic heterocycles. The lowest BCUT2D eigenvalue weighted by Gasteiger charge is -2.09. The van der Waals surface area contributed by atoms with Crippen molar-refractivity contribution in [2.24, 2.45) is 0 Å². The van der Waals surface area contributed by atoms with Gasteiger partial charge in [0.15, 0.2) is 0 Å². The first-order chi connectivity index (χ1) is 9.92. The third-order valence-electron chi connectivity index (χ3n) is 2.98. The van der Waals surface area contributed by atoms with E-state index in [4.69, 9.17) is 0 Å². The molecule has 2 aromatic carbocycles. The van der Waals surface area contributed by atoms with Gasteiger partial charge in [-0.2, -0.15) is 0 Å². The molecule has 0 saturated heterocycles. The van der Waals surface area contributed by atoms with Crippen LogP contribution >= 0.6 is 15.9 Å². The molecule has 0 bridgehead atoms. The van der Waals surface area contributed by atoms with Crippen LogP contribution in [0.1, 0.15) is 0 Å². The first-order valence-corrected chi connectivity index (χ1v) is 6.85. The van der Waals surface area contributed by atoms with Gasteiger partial charge in [0.25, 0.3) is 0 Å². The Morgan fingerprint density at radius 3 is 2.48 bits per heavy atom. The number of H-pyrrole nitrogens is 1. The molecule has 0 saturated carbocycles. The summed E-state index contributed by atoms with van der Waals surface area (Å²) >= 11 is 3.43. The molecule has 2 nitrogen and oxygen atoms in total. The highest BCUT2D eigenvalue weighted by molar-refractivity contribution is 9.10. The Morgan fingerprint density at radius 2 is 1.76 bits per heavy atom. The summed E-state index contributed by atoms with van der Waals surface area (Å²) in [5, 5.41) is 0.974. The van der Waals surface area contributed by atoms with Crippen LogP contribution in [0.4, 0.5) is 13.2 Å². The smallest absolute Gasteiger partial charge is 0.406 e. The Labute approximate surface area is 126 Å². The van der Waals surface area contributed by atoms with Crippen molar-refractivity contribution < 1.29 is 17.9 Å². The molecular formula is C15H9BrF3NO. The van der Waals surface area contributed by atoms with E-state index >= 15 is 0 Å². The van der Waals surface area contributed by atoms with Crippen molar-refractivity contribution in [2.75, 3.05) is 0 Å². The van der Waals surface area contributed by atoms with Gasteiger partial charge in [-0.3, -0.25) is 0 Å². The van der Waals surface area contributed by atoms with Crippen LogP contribution in [0, 0.1) is 0 Å². The molecule has 0 amide bonds. The second kappa shape index (κ2) is 5.11. The van der Waals surface area contributed by atoms with Crippen LogP contribution in [0.3, 0.4) is 0 Å². The number of ether oxygens (including phenoxy) is 1. The standard InChI is InChI=1S/C15H9BrF3NO/c16-12-6-2-4-10-8-13(20-14(10)12)9-3-1-5-11(7-9)21-15(17,18)19/h1-8,20H. The lowest BCUT2D eigenvalue weighted by atomic mass is 10.1.